The Morgan fingerprint density at radius 1 is 1.10 bits per heavy atom. The van der Waals surface area contributed by atoms with Crippen molar-refractivity contribution in [3.63, 3.8) is 0 Å². The number of ether oxygens (including phenoxy) is 6. The molecule has 29 heavy (non-hydrogen) atoms. The highest BCUT2D eigenvalue weighted by Crippen LogP contribution is 2.42. The van der Waals surface area contributed by atoms with Gasteiger partial charge in [-0.1, -0.05) is 26.0 Å². The van der Waals surface area contributed by atoms with Gasteiger partial charge in [-0.2, -0.15) is 0 Å². The van der Waals surface area contributed by atoms with Crippen molar-refractivity contribution in [2.45, 2.75) is 39.0 Å². The molecule has 0 aliphatic rings. The van der Waals surface area contributed by atoms with Gasteiger partial charge in [0, 0.05) is 38.5 Å². The van der Waals surface area contributed by atoms with Gasteiger partial charge in [-0.15, -0.1) is 0 Å². The molecule has 0 heterocycles. The van der Waals surface area contributed by atoms with Crippen LogP contribution in [0.1, 0.15) is 36.9 Å². The molecule has 166 valence electrons. The van der Waals surface area contributed by atoms with E-state index in [4.69, 9.17) is 28.4 Å². The predicted octanol–water partition coefficient (Wildman–Crippen LogP) is 3.64. The highest BCUT2D eigenvalue weighted by molar-refractivity contribution is 5.59. The van der Waals surface area contributed by atoms with E-state index < -0.39 is 0 Å². The summed E-state index contributed by atoms with van der Waals surface area (Å²) in [5.41, 5.74) is 1.75. The molecule has 1 atom stereocenters. The van der Waals surface area contributed by atoms with Gasteiger partial charge in [0.2, 0.25) is 0 Å². The van der Waals surface area contributed by atoms with Gasteiger partial charge in [0.05, 0.1) is 26.9 Å². The minimum absolute atomic E-state index is 0.171. The minimum Gasteiger partial charge on any atom is -0.492 e. The Morgan fingerprint density at radius 2 is 1.79 bits per heavy atom. The van der Waals surface area contributed by atoms with Crippen molar-refractivity contribution in [1.82, 2.24) is 5.32 Å². The lowest BCUT2D eigenvalue weighted by Crippen LogP contribution is -2.35. The Morgan fingerprint density at radius 3 is 2.34 bits per heavy atom. The highest BCUT2D eigenvalue weighted by atomic mass is 16.7. The van der Waals surface area contributed by atoms with Gasteiger partial charge >= 0.3 is 0 Å². The average molecular weight is 412 g/mol. The largest absolute Gasteiger partial charge is 0.492 e. The van der Waals surface area contributed by atoms with E-state index >= 15 is 0 Å². The third-order valence-corrected chi connectivity index (χ3v) is 4.59. The Bertz CT molecular complexity index is 603. The molecule has 7 nitrogen and oxygen atoms in total. The first-order valence-corrected chi connectivity index (χ1v) is 9.93. The lowest BCUT2D eigenvalue weighted by atomic mass is 10.0. The van der Waals surface area contributed by atoms with E-state index in [1.807, 2.05) is 13.0 Å². The maximum absolute atomic E-state index is 5.92. The average Bonchev–Trinajstić information content (AvgIpc) is 2.74. The Kier molecular flexibility index (Phi) is 12.4. The van der Waals surface area contributed by atoms with E-state index in [1.54, 1.807) is 34.5 Å². The fraction of sp³-hybridized carbons (Fsp3) is 0.636. The molecule has 0 spiro atoms. The van der Waals surface area contributed by atoms with Crippen LogP contribution in [0.2, 0.25) is 0 Å². The summed E-state index contributed by atoms with van der Waals surface area (Å²) in [5.74, 6) is 2.01. The van der Waals surface area contributed by atoms with Crippen molar-refractivity contribution >= 4 is 0 Å². The molecule has 1 aromatic carbocycles. The van der Waals surface area contributed by atoms with E-state index in [-0.39, 0.29) is 12.3 Å². The molecule has 0 aliphatic heterocycles. The second-order valence-corrected chi connectivity index (χ2v) is 6.55. The van der Waals surface area contributed by atoms with E-state index in [0.717, 1.165) is 24.0 Å². The number of methoxy groups -OCH3 is 4. The summed E-state index contributed by atoms with van der Waals surface area (Å²) in [5, 5.41) is 3.46. The molecule has 1 rings (SSSR count). The number of unbranched alkanes of at least 4 members (excludes halogenated alkanes) is 1. The molecule has 0 fully saturated rings. The lowest BCUT2D eigenvalue weighted by Gasteiger charge is -2.26. The van der Waals surface area contributed by atoms with Crippen LogP contribution < -0.4 is 19.5 Å². The van der Waals surface area contributed by atoms with Crippen molar-refractivity contribution in [2.75, 3.05) is 54.8 Å². The van der Waals surface area contributed by atoms with Crippen LogP contribution in [0, 0.1) is 6.92 Å². The summed E-state index contributed by atoms with van der Waals surface area (Å²) in [6, 6.07) is 1.80. The molecule has 0 aromatic heterocycles. The topological polar surface area (TPSA) is 67.4 Å². The standard InChI is InChI=1S/C22H37NO6/c1-8-10-12-28-15-18(23-14-20(24-4)25-5)17-13-19(29-11-9-2)16(3)21(26-6)22(17)27-7/h9,13,18,20,23H,2,8,10-12,14-15H2,1,3-7H3/t18-/m0/s1. The van der Waals surface area contributed by atoms with Crippen LogP contribution in [0.5, 0.6) is 17.2 Å². The van der Waals surface area contributed by atoms with Crippen molar-refractivity contribution in [3.8, 4) is 17.2 Å². The minimum atomic E-state index is -0.372. The molecule has 0 saturated carbocycles. The van der Waals surface area contributed by atoms with Gasteiger partial charge in [-0.3, -0.25) is 0 Å². The van der Waals surface area contributed by atoms with Gasteiger partial charge in [0.1, 0.15) is 12.4 Å². The van der Waals surface area contributed by atoms with Crippen LogP contribution in [-0.2, 0) is 14.2 Å². The van der Waals surface area contributed by atoms with Gasteiger partial charge in [-0.05, 0) is 19.4 Å². The van der Waals surface area contributed by atoms with E-state index in [0.29, 0.717) is 43.6 Å². The number of nitrogens with one attached hydrogen (secondary N) is 1. The summed E-state index contributed by atoms with van der Waals surface area (Å²) in [4.78, 5) is 0. The fourth-order valence-electron chi connectivity index (χ4n) is 2.95. The lowest BCUT2D eigenvalue weighted by molar-refractivity contribution is -0.101. The highest BCUT2D eigenvalue weighted by Gasteiger charge is 2.25. The van der Waals surface area contributed by atoms with Gasteiger partial charge < -0.3 is 33.7 Å². The summed E-state index contributed by atoms with van der Waals surface area (Å²) >= 11 is 0. The van der Waals surface area contributed by atoms with Crippen LogP contribution in [0.25, 0.3) is 0 Å². The number of hydrogen-bond acceptors (Lipinski definition) is 7. The third kappa shape index (κ3) is 7.51. The molecule has 0 radical (unpaired) electrons. The van der Waals surface area contributed by atoms with Crippen LogP contribution in [-0.4, -0.2) is 61.1 Å². The zero-order chi connectivity index (χ0) is 21.6. The normalized spacial score (nSPS) is 12.1. The van der Waals surface area contributed by atoms with Crippen LogP contribution >= 0.6 is 0 Å². The first-order valence-electron chi connectivity index (χ1n) is 9.93. The monoisotopic (exact) mass is 411 g/mol. The second kappa shape index (κ2) is 14.2. The zero-order valence-corrected chi connectivity index (χ0v) is 18.7. The number of rotatable bonds is 16. The molecular formula is C22H37NO6. The van der Waals surface area contributed by atoms with Gasteiger partial charge in [0.25, 0.3) is 0 Å². The number of hydrogen-bond donors (Lipinski definition) is 1. The maximum atomic E-state index is 5.92. The third-order valence-electron chi connectivity index (χ3n) is 4.59. The molecule has 0 amide bonds. The second-order valence-electron chi connectivity index (χ2n) is 6.55. The van der Waals surface area contributed by atoms with Crippen molar-refractivity contribution in [1.29, 1.82) is 0 Å². The van der Waals surface area contributed by atoms with Crippen molar-refractivity contribution in [3.05, 3.63) is 29.8 Å². The quantitative estimate of drug-likeness (QED) is 0.253. The van der Waals surface area contributed by atoms with E-state index in [9.17, 15) is 0 Å². The molecule has 0 unspecified atom stereocenters. The Balaban J connectivity index is 3.27. The summed E-state index contributed by atoms with van der Waals surface area (Å²) in [6.45, 7) is 9.84. The predicted molar refractivity (Wildman–Crippen MR) is 114 cm³/mol. The number of benzene rings is 1. The first-order chi connectivity index (χ1) is 14.1. The van der Waals surface area contributed by atoms with E-state index in [2.05, 4.69) is 18.8 Å². The molecule has 1 N–H and O–H groups in total. The van der Waals surface area contributed by atoms with Crippen LogP contribution in [0.3, 0.4) is 0 Å². The molecule has 0 bridgehead atoms. The summed E-state index contributed by atoms with van der Waals surface area (Å²) in [6.07, 6.45) is 3.42. The van der Waals surface area contributed by atoms with E-state index in [1.165, 1.54) is 0 Å². The fourth-order valence-corrected chi connectivity index (χ4v) is 2.95. The molecular weight excluding hydrogens is 374 g/mol. The molecule has 0 aliphatic carbocycles. The molecule has 1 aromatic rings. The summed E-state index contributed by atoms with van der Waals surface area (Å²) in [7, 11) is 6.48. The smallest absolute Gasteiger partial charge is 0.169 e. The Hall–Kier alpha value is -1.80. The van der Waals surface area contributed by atoms with Crippen LogP contribution in [0.4, 0.5) is 0 Å². The maximum Gasteiger partial charge on any atom is 0.169 e. The molecule has 7 heteroatoms. The van der Waals surface area contributed by atoms with Crippen molar-refractivity contribution < 1.29 is 28.4 Å². The van der Waals surface area contributed by atoms with Gasteiger partial charge in [0.15, 0.2) is 17.8 Å². The summed E-state index contributed by atoms with van der Waals surface area (Å²) < 4.78 is 33.8. The van der Waals surface area contributed by atoms with Crippen LogP contribution in [0.15, 0.2) is 18.7 Å². The SMILES string of the molecule is C=CCOc1cc([C@H](COCCCC)NCC(OC)OC)c(OC)c(OC)c1C. The Labute approximate surface area is 175 Å². The zero-order valence-electron chi connectivity index (χ0n) is 18.7. The van der Waals surface area contributed by atoms with Crippen molar-refractivity contribution in [2.24, 2.45) is 0 Å². The molecule has 0 saturated heterocycles. The van der Waals surface area contributed by atoms with Gasteiger partial charge in [-0.25, -0.2) is 0 Å². The first kappa shape index (κ1) is 25.2.